The van der Waals surface area contributed by atoms with Gasteiger partial charge in [0.2, 0.25) is 0 Å². The van der Waals surface area contributed by atoms with Crippen molar-refractivity contribution in [3.63, 3.8) is 0 Å². The number of hydrogen-bond donors (Lipinski definition) is 2. The van der Waals surface area contributed by atoms with E-state index in [2.05, 4.69) is 5.32 Å². The van der Waals surface area contributed by atoms with Crippen LogP contribution in [0.5, 0.6) is 11.5 Å². The topological polar surface area (TPSA) is 113 Å². The zero-order valence-corrected chi connectivity index (χ0v) is 21.4. The van der Waals surface area contributed by atoms with Gasteiger partial charge in [-0.2, -0.15) is 0 Å². The second kappa shape index (κ2) is 16.8. The van der Waals surface area contributed by atoms with Gasteiger partial charge in [0.15, 0.2) is 6.10 Å². The first-order chi connectivity index (χ1) is 18.0. The first-order valence-corrected chi connectivity index (χ1v) is 12.0. The molecule has 2 aromatic carbocycles. The summed E-state index contributed by atoms with van der Waals surface area (Å²) >= 11 is 0. The van der Waals surface area contributed by atoms with Gasteiger partial charge in [-0.25, -0.2) is 9.59 Å². The smallest absolute Gasteiger partial charge is 0.412 e. The van der Waals surface area contributed by atoms with Crippen molar-refractivity contribution in [1.82, 2.24) is 0 Å². The predicted molar refractivity (Wildman–Crippen MR) is 140 cm³/mol. The molecular formula is C28H35NO8. The number of anilines is 1. The van der Waals surface area contributed by atoms with Gasteiger partial charge in [0, 0.05) is 18.9 Å². The summed E-state index contributed by atoms with van der Waals surface area (Å²) in [5, 5.41) is 11.7. The fourth-order valence-corrected chi connectivity index (χ4v) is 3.37. The van der Waals surface area contributed by atoms with Gasteiger partial charge in [-0.15, -0.1) is 0 Å². The van der Waals surface area contributed by atoms with Crippen LogP contribution in [0.3, 0.4) is 0 Å². The molecule has 0 bridgehead atoms. The Morgan fingerprint density at radius 3 is 2.32 bits per heavy atom. The lowest BCUT2D eigenvalue weighted by Crippen LogP contribution is -2.28. The first kappa shape index (κ1) is 29.4. The molecular weight excluding hydrogens is 478 g/mol. The van der Waals surface area contributed by atoms with Crippen molar-refractivity contribution in [1.29, 1.82) is 0 Å². The maximum atomic E-state index is 12.8. The minimum absolute atomic E-state index is 0.0900. The number of allylic oxidation sites excluding steroid dienone is 3. The molecule has 0 aliphatic heterocycles. The number of rotatable bonds is 15. The van der Waals surface area contributed by atoms with Crippen LogP contribution in [0.4, 0.5) is 10.5 Å². The number of nitrogens with one attached hydrogen (secondary N) is 1. The van der Waals surface area contributed by atoms with Crippen LogP contribution in [0.15, 0.2) is 72.8 Å². The molecule has 0 radical (unpaired) electrons. The van der Waals surface area contributed by atoms with Crippen molar-refractivity contribution in [3.8, 4) is 11.5 Å². The summed E-state index contributed by atoms with van der Waals surface area (Å²) in [6, 6.07) is 14.0. The summed E-state index contributed by atoms with van der Waals surface area (Å²) in [7, 11) is 3.13. The summed E-state index contributed by atoms with van der Waals surface area (Å²) < 4.78 is 26.9. The highest BCUT2D eigenvalue weighted by Crippen LogP contribution is 2.29. The number of aliphatic hydroxyl groups excluding tert-OH is 1. The summed E-state index contributed by atoms with van der Waals surface area (Å²) in [5.74, 6) is 0.860. The quantitative estimate of drug-likeness (QED) is 0.198. The Labute approximate surface area is 217 Å². The number of hydrogen-bond acceptors (Lipinski definition) is 8. The van der Waals surface area contributed by atoms with Crippen molar-refractivity contribution in [2.75, 3.05) is 39.4 Å². The lowest BCUT2D eigenvalue weighted by Gasteiger charge is -2.26. The molecule has 0 fully saturated rings. The first-order valence-electron chi connectivity index (χ1n) is 12.0. The SMILES string of the molecule is CCOC(=O)/C=C/C=C/CC[C@@H](OC)[C@H](OC(=O)Nc1ccc(OC)cc1)c1ccc(OCCO)cc1. The minimum atomic E-state index is -0.710. The van der Waals surface area contributed by atoms with E-state index >= 15 is 0 Å². The number of aliphatic hydroxyl groups is 1. The van der Waals surface area contributed by atoms with Crippen molar-refractivity contribution in [2.45, 2.75) is 32.0 Å². The average Bonchev–Trinajstić information content (AvgIpc) is 2.91. The van der Waals surface area contributed by atoms with Gasteiger partial charge in [-0.3, -0.25) is 5.32 Å². The average molecular weight is 514 g/mol. The van der Waals surface area contributed by atoms with Crippen LogP contribution in [0.2, 0.25) is 0 Å². The van der Waals surface area contributed by atoms with Gasteiger partial charge in [-0.05, 0) is 61.7 Å². The predicted octanol–water partition coefficient (Wildman–Crippen LogP) is 4.83. The lowest BCUT2D eigenvalue weighted by molar-refractivity contribution is -0.137. The number of carbonyl (C=O) groups is 2. The monoisotopic (exact) mass is 513 g/mol. The van der Waals surface area contributed by atoms with Crippen LogP contribution in [-0.2, 0) is 19.0 Å². The second-order valence-electron chi connectivity index (χ2n) is 7.71. The maximum Gasteiger partial charge on any atom is 0.412 e. The highest BCUT2D eigenvalue weighted by Gasteiger charge is 2.27. The number of esters is 1. The van der Waals surface area contributed by atoms with E-state index in [1.54, 1.807) is 81.8 Å². The Morgan fingerprint density at radius 2 is 1.70 bits per heavy atom. The van der Waals surface area contributed by atoms with E-state index in [9.17, 15) is 9.59 Å². The molecule has 2 aromatic rings. The summed E-state index contributed by atoms with van der Waals surface area (Å²) in [6.07, 6.45) is 5.97. The molecule has 2 atom stereocenters. The molecule has 37 heavy (non-hydrogen) atoms. The molecule has 0 saturated heterocycles. The van der Waals surface area contributed by atoms with Crippen molar-refractivity contribution < 1.29 is 38.4 Å². The number of benzene rings is 2. The van der Waals surface area contributed by atoms with Crippen LogP contribution in [0.25, 0.3) is 0 Å². The van der Waals surface area contributed by atoms with Gasteiger partial charge in [0.25, 0.3) is 0 Å². The molecule has 0 aliphatic rings. The molecule has 200 valence electrons. The summed E-state index contributed by atoms with van der Waals surface area (Å²) in [4.78, 5) is 24.2. The largest absolute Gasteiger partial charge is 0.497 e. The van der Waals surface area contributed by atoms with Crippen LogP contribution in [-0.4, -0.2) is 57.3 Å². The number of amides is 1. The molecule has 2 N–H and O–H groups in total. The number of carbonyl (C=O) groups excluding carboxylic acids is 2. The fraction of sp³-hybridized carbons (Fsp3) is 0.357. The summed E-state index contributed by atoms with van der Waals surface area (Å²) in [5.41, 5.74) is 1.28. The van der Waals surface area contributed by atoms with Crippen molar-refractivity contribution in [3.05, 3.63) is 78.4 Å². The van der Waals surface area contributed by atoms with E-state index in [4.69, 9.17) is 28.8 Å². The standard InChI is InChI=1S/C28H35NO8/c1-4-35-26(31)10-8-6-5-7-9-25(34-3)27(21-11-15-24(16-12-21)36-20-19-30)37-28(32)29-22-13-17-23(33-2)18-14-22/h5-6,8,10-18,25,27,30H,4,7,9,19-20H2,1-3H3,(H,29,32)/b6-5+,10-8+/t25-,27-/m1/s1. The van der Waals surface area contributed by atoms with E-state index in [-0.39, 0.29) is 13.2 Å². The van der Waals surface area contributed by atoms with Crippen LogP contribution in [0.1, 0.15) is 31.4 Å². The number of methoxy groups -OCH3 is 2. The molecule has 0 spiro atoms. The Kier molecular flexibility index (Phi) is 13.3. The molecule has 0 aliphatic carbocycles. The van der Waals surface area contributed by atoms with Crippen LogP contribution >= 0.6 is 0 Å². The van der Waals surface area contributed by atoms with Crippen molar-refractivity contribution in [2.24, 2.45) is 0 Å². The van der Waals surface area contributed by atoms with Gasteiger partial charge < -0.3 is 28.8 Å². The normalized spacial score (nSPS) is 12.8. The molecule has 0 saturated carbocycles. The van der Waals surface area contributed by atoms with Crippen molar-refractivity contribution >= 4 is 17.7 Å². The zero-order valence-electron chi connectivity index (χ0n) is 21.4. The van der Waals surface area contributed by atoms with E-state index < -0.39 is 24.3 Å². The maximum absolute atomic E-state index is 12.8. The van der Waals surface area contributed by atoms with E-state index in [1.165, 1.54) is 6.08 Å². The van der Waals surface area contributed by atoms with Crippen LogP contribution in [0, 0.1) is 0 Å². The van der Waals surface area contributed by atoms with E-state index in [0.717, 1.165) is 5.56 Å². The molecule has 0 aromatic heterocycles. The Bertz CT molecular complexity index is 1000. The van der Waals surface area contributed by atoms with Gasteiger partial charge >= 0.3 is 12.1 Å². The third-order valence-corrected chi connectivity index (χ3v) is 5.16. The second-order valence-corrected chi connectivity index (χ2v) is 7.71. The Balaban J connectivity index is 2.11. The van der Waals surface area contributed by atoms with E-state index in [0.29, 0.717) is 36.6 Å². The molecule has 9 nitrogen and oxygen atoms in total. The van der Waals surface area contributed by atoms with Gasteiger partial charge in [0.05, 0.1) is 26.4 Å². The lowest BCUT2D eigenvalue weighted by atomic mass is 10.00. The molecule has 0 heterocycles. The van der Waals surface area contributed by atoms with Crippen LogP contribution < -0.4 is 14.8 Å². The van der Waals surface area contributed by atoms with Gasteiger partial charge in [-0.1, -0.05) is 30.4 Å². The van der Waals surface area contributed by atoms with Gasteiger partial charge in [0.1, 0.15) is 18.1 Å². The fourth-order valence-electron chi connectivity index (χ4n) is 3.37. The minimum Gasteiger partial charge on any atom is -0.497 e. The molecule has 9 heteroatoms. The Morgan fingerprint density at radius 1 is 1.00 bits per heavy atom. The Hall–Kier alpha value is -3.82. The summed E-state index contributed by atoms with van der Waals surface area (Å²) in [6.45, 7) is 2.16. The number of ether oxygens (including phenoxy) is 5. The third-order valence-electron chi connectivity index (χ3n) is 5.16. The highest BCUT2D eigenvalue weighted by molar-refractivity contribution is 5.84. The molecule has 0 unspecified atom stereocenters. The highest BCUT2D eigenvalue weighted by atomic mass is 16.6. The molecule has 2 rings (SSSR count). The molecule has 1 amide bonds. The third kappa shape index (κ3) is 10.8. The zero-order chi connectivity index (χ0) is 26.9. The van der Waals surface area contributed by atoms with E-state index in [1.807, 2.05) is 6.08 Å².